The van der Waals surface area contributed by atoms with Gasteiger partial charge >= 0.3 is 0 Å². The average molecular weight is 416 g/mol. The number of benzene rings is 1. The minimum atomic E-state index is -3.41. The molecule has 2 atom stereocenters. The zero-order valence-electron chi connectivity index (χ0n) is 15.5. The van der Waals surface area contributed by atoms with E-state index in [-0.39, 0.29) is 24.2 Å². The van der Waals surface area contributed by atoms with Gasteiger partial charge in [-0.1, -0.05) is 24.6 Å². The number of carbonyl (C=O) groups excluding carboxylic acids is 1. The van der Waals surface area contributed by atoms with Gasteiger partial charge in [-0.3, -0.25) is 4.79 Å². The molecule has 0 bridgehead atoms. The SMILES string of the molecule is Cl.NC[C@H]1CCC[C@H]1C(=O)NCC1CCN(S(=O)(=O)c2ccccc2)CC1. The zero-order valence-corrected chi connectivity index (χ0v) is 17.2. The fraction of sp³-hybridized carbons (Fsp3) is 0.632. The molecule has 0 spiro atoms. The number of piperidine rings is 1. The van der Waals surface area contributed by atoms with Crippen LogP contribution in [0.5, 0.6) is 0 Å². The normalized spacial score (nSPS) is 24.3. The lowest BCUT2D eigenvalue weighted by molar-refractivity contribution is -0.126. The fourth-order valence-electron chi connectivity index (χ4n) is 4.14. The molecule has 3 rings (SSSR count). The second-order valence-electron chi connectivity index (χ2n) is 7.44. The molecule has 152 valence electrons. The van der Waals surface area contributed by atoms with Gasteiger partial charge in [0.2, 0.25) is 15.9 Å². The Kier molecular flexibility index (Phi) is 8.09. The van der Waals surface area contributed by atoms with Crippen molar-refractivity contribution in [1.29, 1.82) is 0 Å². The van der Waals surface area contributed by atoms with Gasteiger partial charge in [-0.05, 0) is 56.2 Å². The molecule has 3 N–H and O–H groups in total. The van der Waals surface area contributed by atoms with Crippen LogP contribution in [0.1, 0.15) is 32.1 Å². The smallest absolute Gasteiger partial charge is 0.243 e. The first-order valence-electron chi connectivity index (χ1n) is 9.55. The lowest BCUT2D eigenvalue weighted by Gasteiger charge is -2.31. The Morgan fingerprint density at radius 1 is 1.11 bits per heavy atom. The molecule has 1 saturated heterocycles. The average Bonchev–Trinajstić information content (AvgIpc) is 3.16. The maximum absolute atomic E-state index is 12.6. The summed E-state index contributed by atoms with van der Waals surface area (Å²) in [6.45, 7) is 2.22. The highest BCUT2D eigenvalue weighted by molar-refractivity contribution is 7.89. The molecule has 2 fully saturated rings. The number of hydrogen-bond acceptors (Lipinski definition) is 4. The third-order valence-corrected chi connectivity index (χ3v) is 7.73. The van der Waals surface area contributed by atoms with Crippen molar-refractivity contribution < 1.29 is 13.2 Å². The summed E-state index contributed by atoms with van der Waals surface area (Å²) in [5, 5.41) is 3.08. The molecule has 0 aromatic heterocycles. The summed E-state index contributed by atoms with van der Waals surface area (Å²) < 4.78 is 26.9. The minimum Gasteiger partial charge on any atom is -0.356 e. The molecule has 0 unspecified atom stereocenters. The van der Waals surface area contributed by atoms with Crippen LogP contribution >= 0.6 is 12.4 Å². The van der Waals surface area contributed by atoms with Gasteiger partial charge in [-0.2, -0.15) is 4.31 Å². The van der Waals surface area contributed by atoms with Crippen molar-refractivity contribution in [2.24, 2.45) is 23.5 Å². The van der Waals surface area contributed by atoms with E-state index in [0.717, 1.165) is 32.1 Å². The van der Waals surface area contributed by atoms with Crippen molar-refractivity contribution in [2.75, 3.05) is 26.2 Å². The van der Waals surface area contributed by atoms with Gasteiger partial charge in [0.25, 0.3) is 0 Å². The quantitative estimate of drug-likeness (QED) is 0.743. The van der Waals surface area contributed by atoms with Gasteiger partial charge in [0, 0.05) is 25.6 Å². The van der Waals surface area contributed by atoms with Crippen molar-refractivity contribution in [1.82, 2.24) is 9.62 Å². The predicted molar refractivity (Wildman–Crippen MR) is 108 cm³/mol. The van der Waals surface area contributed by atoms with Gasteiger partial charge in [-0.25, -0.2) is 8.42 Å². The summed E-state index contributed by atoms with van der Waals surface area (Å²) in [5.41, 5.74) is 5.76. The fourth-order valence-corrected chi connectivity index (χ4v) is 5.63. The number of sulfonamides is 1. The number of nitrogens with zero attached hydrogens (tertiary/aromatic N) is 1. The van der Waals surface area contributed by atoms with E-state index in [1.54, 1.807) is 28.6 Å². The second kappa shape index (κ2) is 9.87. The van der Waals surface area contributed by atoms with Crippen molar-refractivity contribution in [3.8, 4) is 0 Å². The molecule has 1 aliphatic heterocycles. The van der Waals surface area contributed by atoms with E-state index >= 15 is 0 Å². The molecule has 1 saturated carbocycles. The van der Waals surface area contributed by atoms with Crippen LogP contribution < -0.4 is 11.1 Å². The van der Waals surface area contributed by atoms with Crippen LogP contribution in [0.4, 0.5) is 0 Å². The second-order valence-corrected chi connectivity index (χ2v) is 9.38. The van der Waals surface area contributed by atoms with Crippen molar-refractivity contribution in [2.45, 2.75) is 37.0 Å². The maximum atomic E-state index is 12.6. The molecule has 8 heteroatoms. The van der Waals surface area contributed by atoms with Crippen LogP contribution in [0.25, 0.3) is 0 Å². The Bertz CT molecular complexity index is 706. The van der Waals surface area contributed by atoms with E-state index in [4.69, 9.17) is 5.73 Å². The molecule has 6 nitrogen and oxygen atoms in total. The Morgan fingerprint density at radius 2 is 1.78 bits per heavy atom. The third-order valence-electron chi connectivity index (χ3n) is 5.82. The highest BCUT2D eigenvalue weighted by atomic mass is 35.5. The number of nitrogens with two attached hydrogens (primary N) is 1. The first-order chi connectivity index (χ1) is 12.5. The highest BCUT2D eigenvalue weighted by Crippen LogP contribution is 2.31. The number of rotatable bonds is 6. The molecule has 0 radical (unpaired) electrons. The lowest BCUT2D eigenvalue weighted by atomic mass is 9.94. The van der Waals surface area contributed by atoms with E-state index in [1.807, 2.05) is 6.07 Å². The molecule has 1 aromatic carbocycles. The van der Waals surface area contributed by atoms with Gasteiger partial charge in [0.1, 0.15) is 0 Å². The van der Waals surface area contributed by atoms with Crippen LogP contribution in [-0.2, 0) is 14.8 Å². The van der Waals surface area contributed by atoms with Crippen molar-refractivity contribution in [3.63, 3.8) is 0 Å². The summed E-state index contributed by atoms with van der Waals surface area (Å²) in [6.07, 6.45) is 4.61. The molecule has 1 aliphatic carbocycles. The molecular weight excluding hydrogens is 386 g/mol. The zero-order chi connectivity index (χ0) is 18.6. The number of hydrogen-bond donors (Lipinski definition) is 2. The molecule has 2 aliphatic rings. The minimum absolute atomic E-state index is 0. The monoisotopic (exact) mass is 415 g/mol. The third kappa shape index (κ3) is 5.22. The standard InChI is InChI=1S/C19H29N3O3S.ClH/c20-13-16-5-4-8-18(16)19(23)21-14-15-9-11-22(12-10-15)26(24,25)17-6-2-1-3-7-17;/h1-3,6-7,15-16,18H,4-5,8-14,20H2,(H,21,23);1H/t16-,18-;/m1./s1. The van der Waals surface area contributed by atoms with Crippen LogP contribution in [0.3, 0.4) is 0 Å². The number of carbonyl (C=O) groups is 1. The van der Waals surface area contributed by atoms with Crippen LogP contribution in [-0.4, -0.2) is 44.8 Å². The van der Waals surface area contributed by atoms with E-state index in [2.05, 4.69) is 5.32 Å². The van der Waals surface area contributed by atoms with Crippen LogP contribution in [0.2, 0.25) is 0 Å². The lowest BCUT2D eigenvalue weighted by Crippen LogP contribution is -2.43. The largest absolute Gasteiger partial charge is 0.356 e. The molecular formula is C19H30ClN3O3S. The molecule has 1 aromatic rings. The summed E-state index contributed by atoms with van der Waals surface area (Å²) in [7, 11) is -3.41. The highest BCUT2D eigenvalue weighted by Gasteiger charge is 2.33. The number of amides is 1. The number of nitrogens with one attached hydrogen (secondary N) is 1. The Labute approximate surface area is 168 Å². The van der Waals surface area contributed by atoms with E-state index < -0.39 is 10.0 Å². The maximum Gasteiger partial charge on any atom is 0.243 e. The molecule has 1 amide bonds. The molecule has 27 heavy (non-hydrogen) atoms. The Hall–Kier alpha value is -1.15. The van der Waals surface area contributed by atoms with E-state index in [0.29, 0.717) is 42.9 Å². The van der Waals surface area contributed by atoms with Crippen LogP contribution in [0, 0.1) is 17.8 Å². The summed E-state index contributed by atoms with van der Waals surface area (Å²) >= 11 is 0. The predicted octanol–water partition coefficient (Wildman–Crippen LogP) is 2.00. The van der Waals surface area contributed by atoms with Crippen molar-refractivity contribution in [3.05, 3.63) is 30.3 Å². The van der Waals surface area contributed by atoms with Crippen molar-refractivity contribution >= 4 is 28.3 Å². The molecule has 1 heterocycles. The summed E-state index contributed by atoms with van der Waals surface area (Å²) in [4.78, 5) is 12.7. The van der Waals surface area contributed by atoms with Gasteiger partial charge < -0.3 is 11.1 Å². The van der Waals surface area contributed by atoms with Gasteiger partial charge in [0.05, 0.1) is 4.90 Å². The van der Waals surface area contributed by atoms with E-state index in [1.165, 1.54) is 0 Å². The van der Waals surface area contributed by atoms with Gasteiger partial charge in [0.15, 0.2) is 0 Å². The van der Waals surface area contributed by atoms with Crippen LogP contribution in [0.15, 0.2) is 35.2 Å². The summed E-state index contributed by atoms with van der Waals surface area (Å²) in [5.74, 6) is 0.822. The van der Waals surface area contributed by atoms with E-state index in [9.17, 15) is 13.2 Å². The topological polar surface area (TPSA) is 92.5 Å². The summed E-state index contributed by atoms with van der Waals surface area (Å²) in [6, 6.07) is 8.57. The first kappa shape index (κ1) is 22.1. The Morgan fingerprint density at radius 3 is 2.41 bits per heavy atom. The number of halogens is 1. The first-order valence-corrected chi connectivity index (χ1v) is 11.0. The van der Waals surface area contributed by atoms with Gasteiger partial charge in [-0.15, -0.1) is 12.4 Å². The Balaban J connectivity index is 0.00000261.